The summed E-state index contributed by atoms with van der Waals surface area (Å²) in [6, 6.07) is 0. The lowest BCUT2D eigenvalue weighted by Crippen LogP contribution is -2.48. The molecule has 0 aromatic carbocycles. The van der Waals surface area contributed by atoms with Gasteiger partial charge in [-0.15, -0.1) is 0 Å². The molecule has 2 saturated heterocycles. The smallest absolute Gasteiger partial charge is 0.0784 e. The van der Waals surface area contributed by atoms with Gasteiger partial charge in [-0.05, 0) is 43.8 Å². The van der Waals surface area contributed by atoms with Crippen LogP contribution in [0.5, 0.6) is 0 Å². The average Bonchev–Trinajstić information content (AvgIpc) is 2.69. The van der Waals surface area contributed by atoms with Crippen LogP contribution in [0, 0.1) is 5.92 Å². The lowest BCUT2D eigenvalue weighted by Gasteiger charge is -2.45. The molecular formula is C15H26O2S. The lowest BCUT2D eigenvalue weighted by atomic mass is 9.72. The molecule has 1 spiro atoms. The number of ether oxygens (including phenoxy) is 1. The molecule has 3 fully saturated rings. The van der Waals surface area contributed by atoms with Crippen LogP contribution in [0.3, 0.4) is 0 Å². The molecule has 2 heterocycles. The highest BCUT2D eigenvalue weighted by Crippen LogP contribution is 2.46. The van der Waals surface area contributed by atoms with Crippen molar-refractivity contribution in [2.24, 2.45) is 5.92 Å². The van der Waals surface area contributed by atoms with Crippen LogP contribution in [0.25, 0.3) is 0 Å². The standard InChI is InChI=1S/C15H26O2S/c16-15(6-3-1-2-4-7-15)13-5-9-17-14(11-13)8-10-18-12-14/h13,16H,1-12H2. The number of hydrogen-bond acceptors (Lipinski definition) is 3. The molecule has 1 aliphatic carbocycles. The van der Waals surface area contributed by atoms with Gasteiger partial charge in [-0.1, -0.05) is 25.7 Å². The number of aliphatic hydroxyl groups is 1. The van der Waals surface area contributed by atoms with Crippen molar-refractivity contribution in [3.05, 3.63) is 0 Å². The molecular weight excluding hydrogens is 244 g/mol. The van der Waals surface area contributed by atoms with Crippen LogP contribution in [-0.4, -0.2) is 34.4 Å². The van der Waals surface area contributed by atoms with Crippen molar-refractivity contribution >= 4 is 11.8 Å². The van der Waals surface area contributed by atoms with E-state index in [2.05, 4.69) is 0 Å². The Morgan fingerprint density at radius 1 is 1.06 bits per heavy atom. The van der Waals surface area contributed by atoms with Gasteiger partial charge in [-0.25, -0.2) is 0 Å². The van der Waals surface area contributed by atoms with E-state index in [0.29, 0.717) is 5.92 Å². The highest BCUT2D eigenvalue weighted by atomic mass is 32.2. The van der Waals surface area contributed by atoms with Gasteiger partial charge < -0.3 is 9.84 Å². The first-order chi connectivity index (χ1) is 8.73. The zero-order valence-electron chi connectivity index (χ0n) is 11.3. The van der Waals surface area contributed by atoms with E-state index in [1.807, 2.05) is 11.8 Å². The van der Waals surface area contributed by atoms with E-state index in [1.165, 1.54) is 37.9 Å². The predicted molar refractivity (Wildman–Crippen MR) is 76.0 cm³/mol. The molecule has 3 rings (SSSR count). The van der Waals surface area contributed by atoms with Crippen molar-refractivity contribution in [3.8, 4) is 0 Å². The first-order valence-corrected chi connectivity index (χ1v) is 8.82. The van der Waals surface area contributed by atoms with Gasteiger partial charge in [0.1, 0.15) is 0 Å². The fourth-order valence-corrected chi connectivity index (χ4v) is 5.48. The molecule has 2 atom stereocenters. The molecule has 104 valence electrons. The molecule has 2 aliphatic heterocycles. The largest absolute Gasteiger partial charge is 0.390 e. The van der Waals surface area contributed by atoms with E-state index < -0.39 is 0 Å². The summed E-state index contributed by atoms with van der Waals surface area (Å²) >= 11 is 2.02. The Morgan fingerprint density at radius 2 is 1.83 bits per heavy atom. The number of thioether (sulfide) groups is 1. The fourth-order valence-electron chi connectivity index (χ4n) is 4.10. The van der Waals surface area contributed by atoms with Crippen LogP contribution in [-0.2, 0) is 4.74 Å². The van der Waals surface area contributed by atoms with Crippen molar-refractivity contribution in [1.82, 2.24) is 0 Å². The summed E-state index contributed by atoms with van der Waals surface area (Å²) < 4.78 is 6.09. The van der Waals surface area contributed by atoms with Crippen molar-refractivity contribution in [2.75, 3.05) is 18.1 Å². The van der Waals surface area contributed by atoms with Crippen molar-refractivity contribution in [1.29, 1.82) is 0 Å². The van der Waals surface area contributed by atoms with Gasteiger partial charge in [-0.2, -0.15) is 11.8 Å². The van der Waals surface area contributed by atoms with Gasteiger partial charge in [0.05, 0.1) is 11.2 Å². The maximum absolute atomic E-state index is 11.1. The quantitative estimate of drug-likeness (QED) is 0.741. The highest BCUT2D eigenvalue weighted by Gasteiger charge is 2.47. The van der Waals surface area contributed by atoms with Gasteiger partial charge in [0, 0.05) is 12.4 Å². The van der Waals surface area contributed by atoms with E-state index >= 15 is 0 Å². The molecule has 3 aliphatic rings. The Morgan fingerprint density at radius 3 is 2.50 bits per heavy atom. The minimum atomic E-state index is -0.374. The van der Waals surface area contributed by atoms with Crippen LogP contribution in [0.4, 0.5) is 0 Å². The third-order valence-electron chi connectivity index (χ3n) is 5.29. The Balaban J connectivity index is 1.70. The normalized spacial score (nSPS) is 40.8. The van der Waals surface area contributed by atoms with E-state index in [-0.39, 0.29) is 11.2 Å². The van der Waals surface area contributed by atoms with Gasteiger partial charge >= 0.3 is 0 Å². The molecule has 0 amide bonds. The van der Waals surface area contributed by atoms with Crippen LogP contribution in [0.15, 0.2) is 0 Å². The third-order valence-corrected chi connectivity index (χ3v) is 6.51. The van der Waals surface area contributed by atoms with Gasteiger partial charge in [0.15, 0.2) is 0 Å². The Bertz CT molecular complexity index is 278. The van der Waals surface area contributed by atoms with E-state index in [0.717, 1.165) is 38.0 Å². The van der Waals surface area contributed by atoms with E-state index in [1.54, 1.807) is 0 Å². The van der Waals surface area contributed by atoms with Crippen LogP contribution in [0.2, 0.25) is 0 Å². The molecule has 0 radical (unpaired) electrons. The van der Waals surface area contributed by atoms with Gasteiger partial charge in [0.2, 0.25) is 0 Å². The van der Waals surface area contributed by atoms with E-state index in [4.69, 9.17) is 4.74 Å². The minimum Gasteiger partial charge on any atom is -0.390 e. The van der Waals surface area contributed by atoms with Crippen LogP contribution >= 0.6 is 11.8 Å². The van der Waals surface area contributed by atoms with Gasteiger partial charge in [0.25, 0.3) is 0 Å². The summed E-state index contributed by atoms with van der Waals surface area (Å²) in [4.78, 5) is 0. The zero-order chi connectivity index (χ0) is 12.5. The molecule has 2 nitrogen and oxygen atoms in total. The third kappa shape index (κ3) is 2.59. The lowest BCUT2D eigenvalue weighted by molar-refractivity contribution is -0.136. The molecule has 0 aromatic heterocycles. The number of rotatable bonds is 1. The summed E-state index contributed by atoms with van der Waals surface area (Å²) in [6.07, 6.45) is 10.5. The summed E-state index contributed by atoms with van der Waals surface area (Å²) in [5.41, 5.74) is -0.254. The summed E-state index contributed by atoms with van der Waals surface area (Å²) in [6.45, 7) is 0.869. The molecule has 2 unspecified atom stereocenters. The molecule has 1 N–H and O–H groups in total. The second kappa shape index (κ2) is 5.34. The highest BCUT2D eigenvalue weighted by molar-refractivity contribution is 7.99. The van der Waals surface area contributed by atoms with Gasteiger partial charge in [-0.3, -0.25) is 0 Å². The first-order valence-electron chi connectivity index (χ1n) is 7.67. The van der Waals surface area contributed by atoms with Crippen molar-refractivity contribution < 1.29 is 9.84 Å². The Labute approximate surface area is 115 Å². The summed E-state index contributed by atoms with van der Waals surface area (Å²) in [5, 5.41) is 11.1. The van der Waals surface area contributed by atoms with Crippen molar-refractivity contribution in [2.45, 2.75) is 69.0 Å². The average molecular weight is 270 g/mol. The number of hydrogen-bond donors (Lipinski definition) is 1. The summed E-state index contributed by atoms with van der Waals surface area (Å²) in [5.74, 6) is 2.88. The predicted octanol–water partition coefficient (Wildman–Crippen LogP) is 3.37. The Hall–Kier alpha value is 0.270. The molecule has 1 saturated carbocycles. The maximum atomic E-state index is 11.1. The fraction of sp³-hybridized carbons (Fsp3) is 1.00. The minimum absolute atomic E-state index is 0.121. The second-order valence-corrected chi connectivity index (χ2v) is 7.65. The monoisotopic (exact) mass is 270 g/mol. The molecule has 3 heteroatoms. The zero-order valence-corrected chi connectivity index (χ0v) is 12.1. The van der Waals surface area contributed by atoms with E-state index in [9.17, 15) is 5.11 Å². The van der Waals surface area contributed by atoms with Crippen LogP contribution < -0.4 is 0 Å². The van der Waals surface area contributed by atoms with Crippen LogP contribution in [0.1, 0.15) is 57.8 Å². The van der Waals surface area contributed by atoms with Crippen molar-refractivity contribution in [3.63, 3.8) is 0 Å². The molecule has 0 bridgehead atoms. The maximum Gasteiger partial charge on any atom is 0.0784 e. The second-order valence-electron chi connectivity index (χ2n) is 6.54. The topological polar surface area (TPSA) is 29.5 Å². The SMILES string of the molecule is OC1(C2CCOC3(CCSC3)C2)CCCCCC1. The summed E-state index contributed by atoms with van der Waals surface area (Å²) in [7, 11) is 0. The first kappa shape index (κ1) is 13.3. The molecule has 18 heavy (non-hydrogen) atoms. The Kier molecular flexibility index (Phi) is 3.93. The molecule has 0 aromatic rings.